The van der Waals surface area contributed by atoms with E-state index in [0.29, 0.717) is 18.9 Å². The third-order valence-corrected chi connectivity index (χ3v) is 3.19. The number of aromatic amines is 1. The molecule has 1 aliphatic heterocycles. The van der Waals surface area contributed by atoms with Gasteiger partial charge < -0.3 is 23.9 Å². The molecule has 1 aromatic rings. The molecule has 1 saturated heterocycles. The molecule has 1 N–H and O–H groups in total. The molecular weight excluding hydrogens is 262 g/mol. The van der Waals surface area contributed by atoms with E-state index in [4.69, 9.17) is 18.9 Å². The van der Waals surface area contributed by atoms with E-state index in [1.54, 1.807) is 26.3 Å². The van der Waals surface area contributed by atoms with Crippen molar-refractivity contribution < 1.29 is 23.7 Å². The number of nitrogens with one attached hydrogen (secondary N) is 1. The van der Waals surface area contributed by atoms with Crippen LogP contribution in [0.3, 0.4) is 0 Å². The third-order valence-electron chi connectivity index (χ3n) is 3.19. The molecule has 0 aliphatic carbocycles. The summed E-state index contributed by atoms with van der Waals surface area (Å²) in [6.45, 7) is 6.21. The molecule has 0 bridgehead atoms. The van der Waals surface area contributed by atoms with Gasteiger partial charge in [0, 0.05) is 18.9 Å². The van der Waals surface area contributed by atoms with Gasteiger partial charge >= 0.3 is 5.97 Å². The van der Waals surface area contributed by atoms with Crippen molar-refractivity contribution in [1.82, 2.24) is 4.98 Å². The number of esters is 1. The fourth-order valence-electron chi connectivity index (χ4n) is 2.34. The second-order valence-electron chi connectivity index (χ2n) is 5.05. The van der Waals surface area contributed by atoms with E-state index in [2.05, 4.69) is 4.98 Å². The van der Waals surface area contributed by atoms with Gasteiger partial charge in [-0.25, -0.2) is 4.79 Å². The average molecular weight is 283 g/mol. The molecule has 2 rings (SSSR count). The summed E-state index contributed by atoms with van der Waals surface area (Å²) in [6.07, 6.45) is 1.04. The quantitative estimate of drug-likeness (QED) is 0.837. The SMILES string of the molecule is CCOC(=O)c1[nH]ccc1[C@@H](OC)[C@H]1COC(C)(C)O1. The van der Waals surface area contributed by atoms with E-state index < -0.39 is 11.8 Å². The summed E-state index contributed by atoms with van der Waals surface area (Å²) in [5.74, 6) is -1.03. The largest absolute Gasteiger partial charge is 0.461 e. The van der Waals surface area contributed by atoms with Crippen molar-refractivity contribution in [1.29, 1.82) is 0 Å². The van der Waals surface area contributed by atoms with Crippen molar-refractivity contribution in [3.05, 3.63) is 23.5 Å². The molecule has 20 heavy (non-hydrogen) atoms. The molecule has 0 amide bonds. The lowest BCUT2D eigenvalue weighted by molar-refractivity contribution is -0.154. The van der Waals surface area contributed by atoms with Crippen LogP contribution in [0.5, 0.6) is 0 Å². The van der Waals surface area contributed by atoms with Crippen molar-refractivity contribution in [2.24, 2.45) is 0 Å². The summed E-state index contributed by atoms with van der Waals surface area (Å²) in [4.78, 5) is 14.8. The van der Waals surface area contributed by atoms with E-state index in [1.807, 2.05) is 13.8 Å². The maximum absolute atomic E-state index is 11.9. The van der Waals surface area contributed by atoms with Crippen molar-refractivity contribution in [2.75, 3.05) is 20.3 Å². The van der Waals surface area contributed by atoms with Crippen LogP contribution in [0.2, 0.25) is 0 Å². The second kappa shape index (κ2) is 5.95. The van der Waals surface area contributed by atoms with Gasteiger partial charge in [-0.3, -0.25) is 0 Å². The van der Waals surface area contributed by atoms with Gasteiger partial charge in [0.15, 0.2) is 5.79 Å². The molecule has 6 nitrogen and oxygen atoms in total. The monoisotopic (exact) mass is 283 g/mol. The average Bonchev–Trinajstić information content (AvgIpc) is 2.98. The molecule has 0 aromatic carbocycles. The van der Waals surface area contributed by atoms with E-state index in [9.17, 15) is 4.79 Å². The topological polar surface area (TPSA) is 69.8 Å². The second-order valence-corrected chi connectivity index (χ2v) is 5.05. The van der Waals surface area contributed by atoms with Gasteiger partial charge in [-0.15, -0.1) is 0 Å². The number of methoxy groups -OCH3 is 1. The highest BCUT2D eigenvalue weighted by molar-refractivity contribution is 5.89. The van der Waals surface area contributed by atoms with Crippen LogP contribution in [-0.2, 0) is 18.9 Å². The van der Waals surface area contributed by atoms with E-state index in [0.717, 1.165) is 5.56 Å². The summed E-state index contributed by atoms with van der Waals surface area (Å²) in [5.41, 5.74) is 1.12. The van der Waals surface area contributed by atoms with Gasteiger partial charge in [0.1, 0.15) is 17.9 Å². The van der Waals surface area contributed by atoms with E-state index in [1.165, 1.54) is 0 Å². The number of carbonyl (C=O) groups excluding carboxylic acids is 1. The van der Waals surface area contributed by atoms with Crippen LogP contribution in [0.25, 0.3) is 0 Å². The lowest BCUT2D eigenvalue weighted by Crippen LogP contribution is -2.27. The number of hydrogen-bond donors (Lipinski definition) is 1. The highest BCUT2D eigenvalue weighted by Gasteiger charge is 2.39. The Morgan fingerprint density at radius 1 is 1.60 bits per heavy atom. The predicted octanol–water partition coefficient (Wildman–Crippen LogP) is 2.03. The zero-order valence-corrected chi connectivity index (χ0v) is 12.3. The van der Waals surface area contributed by atoms with Crippen LogP contribution in [0.4, 0.5) is 0 Å². The predicted molar refractivity (Wildman–Crippen MR) is 71.4 cm³/mol. The van der Waals surface area contributed by atoms with Gasteiger partial charge in [0.05, 0.1) is 13.2 Å². The molecule has 6 heteroatoms. The molecule has 0 saturated carbocycles. The highest BCUT2D eigenvalue weighted by atomic mass is 16.7. The molecule has 1 aliphatic rings. The first-order valence-electron chi connectivity index (χ1n) is 6.67. The fourth-order valence-corrected chi connectivity index (χ4v) is 2.34. The van der Waals surface area contributed by atoms with Crippen LogP contribution in [0.15, 0.2) is 12.3 Å². The zero-order chi connectivity index (χ0) is 14.8. The molecule has 2 atom stereocenters. The Bertz CT molecular complexity index is 468. The molecule has 112 valence electrons. The van der Waals surface area contributed by atoms with Crippen LogP contribution < -0.4 is 0 Å². The smallest absolute Gasteiger partial charge is 0.355 e. The molecule has 0 radical (unpaired) electrons. The number of H-pyrrole nitrogens is 1. The summed E-state index contributed by atoms with van der Waals surface area (Å²) in [6, 6.07) is 1.80. The van der Waals surface area contributed by atoms with Gasteiger partial charge in [0.25, 0.3) is 0 Å². The minimum Gasteiger partial charge on any atom is -0.461 e. The first-order chi connectivity index (χ1) is 9.48. The van der Waals surface area contributed by atoms with Gasteiger partial charge in [-0.1, -0.05) is 0 Å². The van der Waals surface area contributed by atoms with Crippen molar-refractivity contribution in [3.8, 4) is 0 Å². The Hall–Kier alpha value is -1.37. The highest BCUT2D eigenvalue weighted by Crippen LogP contribution is 2.34. The van der Waals surface area contributed by atoms with Gasteiger partial charge in [-0.05, 0) is 26.8 Å². The lowest BCUT2D eigenvalue weighted by atomic mass is 10.0. The molecule has 0 unspecified atom stereocenters. The Labute approximate surface area is 118 Å². The molecule has 0 spiro atoms. The zero-order valence-electron chi connectivity index (χ0n) is 12.3. The van der Waals surface area contributed by atoms with Crippen molar-refractivity contribution in [2.45, 2.75) is 38.8 Å². The van der Waals surface area contributed by atoms with Crippen molar-refractivity contribution in [3.63, 3.8) is 0 Å². The van der Waals surface area contributed by atoms with E-state index >= 15 is 0 Å². The number of hydrogen-bond acceptors (Lipinski definition) is 5. The summed E-state index contributed by atoms with van der Waals surface area (Å²) in [7, 11) is 1.58. The minimum atomic E-state index is -0.637. The molecule has 2 heterocycles. The number of rotatable bonds is 5. The van der Waals surface area contributed by atoms with Crippen LogP contribution in [0, 0.1) is 0 Å². The Morgan fingerprint density at radius 2 is 2.35 bits per heavy atom. The van der Waals surface area contributed by atoms with Crippen LogP contribution in [-0.4, -0.2) is 43.2 Å². The van der Waals surface area contributed by atoms with Gasteiger partial charge in [0.2, 0.25) is 0 Å². The molecule has 1 aromatic heterocycles. The maximum atomic E-state index is 11.9. The first kappa shape index (κ1) is 15.0. The molecular formula is C14H21NO5. The van der Waals surface area contributed by atoms with Crippen molar-refractivity contribution >= 4 is 5.97 Å². The number of aromatic nitrogens is 1. The van der Waals surface area contributed by atoms with E-state index in [-0.39, 0.29) is 12.2 Å². The van der Waals surface area contributed by atoms with Crippen LogP contribution >= 0.6 is 0 Å². The van der Waals surface area contributed by atoms with Crippen LogP contribution in [0.1, 0.15) is 42.9 Å². The summed E-state index contributed by atoms with van der Waals surface area (Å²) < 4.78 is 21.9. The standard InChI is InChI=1S/C14H21NO5/c1-5-18-13(16)11-9(6-7-15-11)12(17-4)10-8-19-14(2,3)20-10/h6-7,10,12,15H,5,8H2,1-4H3/t10-,12-/m1/s1. The number of ether oxygens (including phenoxy) is 4. The fraction of sp³-hybridized carbons (Fsp3) is 0.643. The lowest BCUT2D eigenvalue weighted by Gasteiger charge is -2.23. The summed E-state index contributed by atoms with van der Waals surface area (Å²) >= 11 is 0. The Balaban J connectivity index is 2.20. The number of carbonyl (C=O) groups is 1. The van der Waals surface area contributed by atoms with Gasteiger partial charge in [-0.2, -0.15) is 0 Å². The Kier molecular flexibility index (Phi) is 4.47. The first-order valence-corrected chi connectivity index (χ1v) is 6.67. The Morgan fingerprint density at radius 3 is 2.90 bits per heavy atom. The summed E-state index contributed by atoms with van der Waals surface area (Å²) in [5, 5.41) is 0. The third kappa shape index (κ3) is 3.03. The normalized spacial score (nSPS) is 22.7. The molecule has 1 fully saturated rings. The maximum Gasteiger partial charge on any atom is 0.355 e. The minimum absolute atomic E-state index is 0.265.